The van der Waals surface area contributed by atoms with Crippen LogP contribution in [0.15, 0.2) is 85.1 Å². The van der Waals surface area contributed by atoms with Crippen molar-refractivity contribution in [2.45, 2.75) is 6.61 Å². The van der Waals surface area contributed by atoms with Crippen LogP contribution in [0.2, 0.25) is 10.2 Å². The number of rotatable bonds is 4. The van der Waals surface area contributed by atoms with Crippen LogP contribution >= 0.6 is 23.2 Å². The minimum absolute atomic E-state index is 0.226. The van der Waals surface area contributed by atoms with E-state index >= 15 is 0 Å². The average Bonchev–Trinajstić information content (AvgIpc) is 2.84. The summed E-state index contributed by atoms with van der Waals surface area (Å²) in [4.78, 5) is 8.99. The molecule has 3 aromatic carbocycles. The van der Waals surface area contributed by atoms with Gasteiger partial charge in [-0.05, 0) is 59.2 Å². The van der Waals surface area contributed by atoms with E-state index in [4.69, 9.17) is 23.2 Å². The van der Waals surface area contributed by atoms with Gasteiger partial charge in [-0.15, -0.1) is 0 Å². The van der Waals surface area contributed by atoms with Gasteiger partial charge in [0.2, 0.25) is 0 Å². The van der Waals surface area contributed by atoms with Crippen LogP contribution < -0.4 is 0 Å². The van der Waals surface area contributed by atoms with Crippen LogP contribution in [0.5, 0.6) is 0 Å². The number of aliphatic hydroxyl groups is 1. The fraction of sp³-hybridized carbons (Fsp3) is 0.0370. The molecule has 0 saturated carbocycles. The fourth-order valence-corrected chi connectivity index (χ4v) is 4.69. The van der Waals surface area contributed by atoms with Crippen molar-refractivity contribution < 1.29 is 9.50 Å². The second-order valence-corrected chi connectivity index (χ2v) is 8.28. The highest BCUT2D eigenvalue weighted by atomic mass is 35.5. The summed E-state index contributed by atoms with van der Waals surface area (Å²) in [5, 5.41) is 11.8. The first-order valence-electron chi connectivity index (χ1n) is 10.3. The van der Waals surface area contributed by atoms with E-state index in [1.165, 1.54) is 12.1 Å². The number of fused-ring (bicyclic) bond motifs is 1. The van der Waals surface area contributed by atoms with E-state index in [2.05, 4.69) is 9.97 Å². The summed E-state index contributed by atoms with van der Waals surface area (Å²) in [5.41, 5.74) is 5.85. The Bertz CT molecular complexity index is 1470. The molecule has 5 aromatic rings. The van der Waals surface area contributed by atoms with Crippen molar-refractivity contribution in [2.75, 3.05) is 0 Å². The molecule has 2 aromatic heterocycles. The smallest absolute Gasteiger partial charge is 0.139 e. The summed E-state index contributed by atoms with van der Waals surface area (Å²) in [6, 6.07) is 23.2. The number of nitrogens with zero attached hydrogens (tertiary/aromatic N) is 2. The van der Waals surface area contributed by atoms with Crippen LogP contribution in [-0.4, -0.2) is 15.1 Å². The Labute approximate surface area is 200 Å². The van der Waals surface area contributed by atoms with Gasteiger partial charge < -0.3 is 5.11 Å². The van der Waals surface area contributed by atoms with Crippen molar-refractivity contribution in [2.24, 2.45) is 0 Å². The summed E-state index contributed by atoms with van der Waals surface area (Å²) in [6.07, 6.45) is 1.68. The number of hydrogen-bond donors (Lipinski definition) is 1. The lowest BCUT2D eigenvalue weighted by Crippen LogP contribution is -1.97. The Balaban J connectivity index is 1.70. The number of benzene rings is 3. The molecule has 0 aliphatic carbocycles. The van der Waals surface area contributed by atoms with Gasteiger partial charge in [-0.1, -0.05) is 59.6 Å². The van der Waals surface area contributed by atoms with Crippen LogP contribution in [0.4, 0.5) is 4.39 Å². The summed E-state index contributed by atoms with van der Waals surface area (Å²) < 4.78 is 13.4. The first-order chi connectivity index (χ1) is 16.1. The first kappa shape index (κ1) is 21.5. The van der Waals surface area contributed by atoms with Crippen molar-refractivity contribution in [3.8, 4) is 33.5 Å². The van der Waals surface area contributed by atoms with E-state index in [1.54, 1.807) is 18.3 Å². The summed E-state index contributed by atoms with van der Waals surface area (Å²) in [7, 11) is 0. The maximum absolute atomic E-state index is 13.4. The van der Waals surface area contributed by atoms with Crippen LogP contribution in [0, 0.1) is 5.82 Å². The molecule has 5 rings (SSSR count). The highest BCUT2D eigenvalue weighted by Crippen LogP contribution is 2.40. The van der Waals surface area contributed by atoms with Gasteiger partial charge in [0.1, 0.15) is 11.0 Å². The number of aromatic nitrogens is 2. The van der Waals surface area contributed by atoms with E-state index in [9.17, 15) is 9.50 Å². The van der Waals surface area contributed by atoms with E-state index < -0.39 is 0 Å². The third kappa shape index (κ3) is 3.98. The molecular weight excluding hydrogens is 458 g/mol. The number of hydrogen-bond acceptors (Lipinski definition) is 3. The van der Waals surface area contributed by atoms with Crippen molar-refractivity contribution in [1.82, 2.24) is 9.97 Å². The molecule has 162 valence electrons. The lowest BCUT2D eigenvalue weighted by Gasteiger charge is -2.15. The third-order valence-electron chi connectivity index (χ3n) is 5.58. The maximum Gasteiger partial charge on any atom is 0.139 e. The van der Waals surface area contributed by atoms with Gasteiger partial charge in [-0.2, -0.15) is 0 Å². The van der Waals surface area contributed by atoms with Crippen molar-refractivity contribution in [3.05, 3.63) is 107 Å². The predicted octanol–water partition coefficient (Wildman–Crippen LogP) is 7.57. The van der Waals surface area contributed by atoms with E-state index in [0.717, 1.165) is 27.6 Å². The molecular formula is C27H17Cl2FN2O. The lowest BCUT2D eigenvalue weighted by atomic mass is 9.95. The van der Waals surface area contributed by atoms with E-state index in [-0.39, 0.29) is 12.4 Å². The molecule has 0 atom stereocenters. The molecule has 0 aliphatic rings. The zero-order valence-electron chi connectivity index (χ0n) is 17.3. The largest absolute Gasteiger partial charge is 0.392 e. The van der Waals surface area contributed by atoms with Gasteiger partial charge in [0.05, 0.1) is 22.8 Å². The van der Waals surface area contributed by atoms with Crippen molar-refractivity contribution >= 4 is 34.1 Å². The van der Waals surface area contributed by atoms with Crippen LogP contribution in [0.25, 0.3) is 44.4 Å². The topological polar surface area (TPSA) is 46.0 Å². The van der Waals surface area contributed by atoms with Crippen LogP contribution in [0.3, 0.4) is 0 Å². The summed E-state index contributed by atoms with van der Waals surface area (Å²) in [5.74, 6) is -0.329. The molecule has 0 bridgehead atoms. The van der Waals surface area contributed by atoms with E-state index in [0.29, 0.717) is 32.5 Å². The normalized spacial score (nSPS) is 11.2. The molecule has 0 amide bonds. The van der Waals surface area contributed by atoms with Gasteiger partial charge in [0.25, 0.3) is 0 Å². The molecule has 0 saturated heterocycles. The zero-order chi connectivity index (χ0) is 22.9. The standard InChI is InChI=1S/C27H17Cl2FN2O/c28-25-21-14-18(8-11-23(21)32-27(29)24(25)16-4-2-1-3-5-16)20-12-13-31-26(22(20)15-33)17-6-9-19(30)10-7-17/h1-14,33H,15H2. The van der Waals surface area contributed by atoms with Gasteiger partial charge in [-0.3, -0.25) is 4.98 Å². The maximum atomic E-state index is 13.4. The Morgan fingerprint density at radius 1 is 0.818 bits per heavy atom. The molecule has 33 heavy (non-hydrogen) atoms. The number of aliphatic hydroxyl groups excluding tert-OH is 1. The molecule has 0 radical (unpaired) electrons. The number of pyridine rings is 2. The molecule has 0 fully saturated rings. The molecule has 0 unspecified atom stereocenters. The second kappa shape index (κ2) is 8.91. The van der Waals surface area contributed by atoms with Gasteiger partial charge in [-0.25, -0.2) is 9.37 Å². The van der Waals surface area contributed by atoms with Crippen molar-refractivity contribution in [1.29, 1.82) is 0 Å². The monoisotopic (exact) mass is 474 g/mol. The molecule has 0 spiro atoms. The SMILES string of the molecule is OCc1c(-c2ccc3nc(Cl)c(-c4ccccc4)c(Cl)c3c2)ccnc1-c1ccc(F)cc1. The third-order valence-corrected chi connectivity index (χ3v) is 6.25. The molecule has 2 heterocycles. The lowest BCUT2D eigenvalue weighted by molar-refractivity contribution is 0.282. The van der Waals surface area contributed by atoms with Gasteiger partial charge in [0, 0.05) is 28.3 Å². The minimum Gasteiger partial charge on any atom is -0.392 e. The minimum atomic E-state index is -0.329. The number of halogens is 3. The van der Waals surface area contributed by atoms with Crippen LogP contribution in [0.1, 0.15) is 5.56 Å². The Morgan fingerprint density at radius 3 is 2.27 bits per heavy atom. The van der Waals surface area contributed by atoms with Gasteiger partial charge in [0.15, 0.2) is 0 Å². The molecule has 3 nitrogen and oxygen atoms in total. The second-order valence-electron chi connectivity index (χ2n) is 7.54. The van der Waals surface area contributed by atoms with Crippen LogP contribution in [-0.2, 0) is 6.61 Å². The summed E-state index contributed by atoms with van der Waals surface area (Å²) in [6.45, 7) is -0.226. The summed E-state index contributed by atoms with van der Waals surface area (Å²) >= 11 is 13.3. The average molecular weight is 475 g/mol. The zero-order valence-corrected chi connectivity index (χ0v) is 18.8. The highest BCUT2D eigenvalue weighted by Gasteiger charge is 2.17. The quantitative estimate of drug-likeness (QED) is 0.273. The fourth-order valence-electron chi connectivity index (χ4n) is 3.99. The first-order valence-corrected chi connectivity index (χ1v) is 11.0. The van der Waals surface area contributed by atoms with Gasteiger partial charge >= 0.3 is 0 Å². The Morgan fingerprint density at radius 2 is 1.55 bits per heavy atom. The highest BCUT2D eigenvalue weighted by molar-refractivity contribution is 6.42. The predicted molar refractivity (Wildman–Crippen MR) is 132 cm³/mol. The van der Waals surface area contributed by atoms with Crippen molar-refractivity contribution in [3.63, 3.8) is 0 Å². The molecule has 1 N–H and O–H groups in total. The molecule has 0 aliphatic heterocycles. The Kier molecular flexibility index (Phi) is 5.81. The molecule has 6 heteroatoms. The Hall–Kier alpha value is -3.31. The van der Waals surface area contributed by atoms with E-state index in [1.807, 2.05) is 54.6 Å².